The molecule has 1 saturated heterocycles. The van der Waals surface area contributed by atoms with Gasteiger partial charge in [0.15, 0.2) is 0 Å². The van der Waals surface area contributed by atoms with Crippen LogP contribution in [-0.2, 0) is 13.6 Å². The number of aromatic nitrogens is 2. The lowest BCUT2D eigenvalue weighted by Gasteiger charge is -2.21. The third kappa shape index (κ3) is 3.06. The lowest BCUT2D eigenvalue weighted by Crippen LogP contribution is -2.37. The quantitative estimate of drug-likeness (QED) is 0.806. The Bertz CT molecular complexity index is 315. The zero-order valence-electron chi connectivity index (χ0n) is 10.3. The van der Waals surface area contributed by atoms with Gasteiger partial charge in [-0.05, 0) is 38.9 Å². The highest BCUT2D eigenvalue weighted by Crippen LogP contribution is 2.07. The summed E-state index contributed by atoms with van der Waals surface area (Å²) in [6, 6.07) is 2.61. The number of hydrogen-bond acceptors (Lipinski definition) is 3. The molecule has 0 radical (unpaired) electrons. The van der Waals surface area contributed by atoms with Crippen LogP contribution in [0.4, 0.5) is 0 Å². The molecule has 0 spiro atoms. The largest absolute Gasteiger partial charge is 0.307 e. The lowest BCUT2D eigenvalue weighted by molar-refractivity contribution is 0.297. The van der Waals surface area contributed by atoms with Gasteiger partial charge in [0.1, 0.15) is 0 Å². The van der Waals surface area contributed by atoms with E-state index >= 15 is 0 Å². The molecule has 0 aliphatic carbocycles. The van der Waals surface area contributed by atoms with Crippen LogP contribution in [-0.4, -0.2) is 40.4 Å². The number of nitrogens with zero attached hydrogens (tertiary/aromatic N) is 3. The predicted molar refractivity (Wildman–Crippen MR) is 65.2 cm³/mol. The van der Waals surface area contributed by atoms with Crippen LogP contribution < -0.4 is 5.32 Å². The molecule has 0 amide bonds. The average molecular weight is 222 g/mol. The molecular weight excluding hydrogens is 200 g/mol. The minimum Gasteiger partial charge on any atom is -0.307 e. The highest BCUT2D eigenvalue weighted by atomic mass is 15.3. The van der Waals surface area contributed by atoms with Crippen LogP contribution in [0.2, 0.25) is 0 Å². The smallest absolute Gasteiger partial charge is 0.0518 e. The van der Waals surface area contributed by atoms with Gasteiger partial charge in [-0.3, -0.25) is 4.68 Å². The molecule has 0 bridgehead atoms. The van der Waals surface area contributed by atoms with Crippen molar-refractivity contribution in [2.45, 2.75) is 32.4 Å². The summed E-state index contributed by atoms with van der Waals surface area (Å²) in [6.07, 6.45) is 4.59. The van der Waals surface area contributed by atoms with E-state index in [9.17, 15) is 0 Å². The summed E-state index contributed by atoms with van der Waals surface area (Å²) in [4.78, 5) is 2.54. The fourth-order valence-corrected chi connectivity index (χ4v) is 2.27. The molecule has 1 aliphatic rings. The average Bonchev–Trinajstić information content (AvgIpc) is 2.87. The molecule has 16 heavy (non-hydrogen) atoms. The van der Waals surface area contributed by atoms with Crippen LogP contribution in [0.5, 0.6) is 0 Å². The number of hydrogen-bond donors (Lipinski definition) is 1. The molecule has 1 atom stereocenters. The van der Waals surface area contributed by atoms with Crippen LogP contribution in [0.15, 0.2) is 12.3 Å². The molecule has 1 unspecified atom stereocenters. The Morgan fingerprint density at radius 1 is 1.44 bits per heavy atom. The standard InChI is InChI=1S/C12H22N4/c1-11(10-16-7-3-4-8-16)13-9-12-5-6-14-15(12)2/h5-6,11,13H,3-4,7-10H2,1-2H3. The molecule has 1 aromatic heterocycles. The van der Waals surface area contributed by atoms with Crippen molar-refractivity contribution in [3.63, 3.8) is 0 Å². The van der Waals surface area contributed by atoms with E-state index < -0.39 is 0 Å². The molecule has 1 aromatic rings. The van der Waals surface area contributed by atoms with Crippen LogP contribution in [0.1, 0.15) is 25.5 Å². The monoisotopic (exact) mass is 222 g/mol. The minimum atomic E-state index is 0.549. The van der Waals surface area contributed by atoms with Gasteiger partial charge < -0.3 is 10.2 Å². The van der Waals surface area contributed by atoms with Gasteiger partial charge in [-0.2, -0.15) is 5.10 Å². The van der Waals surface area contributed by atoms with Crippen LogP contribution in [0.25, 0.3) is 0 Å². The minimum absolute atomic E-state index is 0.549. The van der Waals surface area contributed by atoms with Gasteiger partial charge in [0.25, 0.3) is 0 Å². The molecule has 1 fully saturated rings. The lowest BCUT2D eigenvalue weighted by atomic mass is 10.3. The highest BCUT2D eigenvalue weighted by molar-refractivity contribution is 4.99. The van der Waals surface area contributed by atoms with E-state index in [4.69, 9.17) is 0 Å². The van der Waals surface area contributed by atoms with Crippen LogP contribution >= 0.6 is 0 Å². The third-order valence-corrected chi connectivity index (χ3v) is 3.28. The van der Waals surface area contributed by atoms with Crippen LogP contribution in [0.3, 0.4) is 0 Å². The van der Waals surface area contributed by atoms with E-state index in [1.165, 1.54) is 31.6 Å². The van der Waals surface area contributed by atoms with Crippen molar-refractivity contribution in [3.8, 4) is 0 Å². The third-order valence-electron chi connectivity index (χ3n) is 3.28. The topological polar surface area (TPSA) is 33.1 Å². The molecular formula is C12H22N4. The fraction of sp³-hybridized carbons (Fsp3) is 0.750. The van der Waals surface area contributed by atoms with E-state index in [1.54, 1.807) is 0 Å². The zero-order chi connectivity index (χ0) is 11.4. The maximum absolute atomic E-state index is 4.16. The Kier molecular flexibility index (Phi) is 3.96. The molecule has 0 aromatic carbocycles. The van der Waals surface area contributed by atoms with E-state index in [0.29, 0.717) is 6.04 Å². The number of rotatable bonds is 5. The van der Waals surface area contributed by atoms with Gasteiger partial charge in [0.2, 0.25) is 0 Å². The van der Waals surface area contributed by atoms with Gasteiger partial charge in [0, 0.05) is 32.4 Å². The summed E-state index contributed by atoms with van der Waals surface area (Å²) in [5.74, 6) is 0. The van der Waals surface area contributed by atoms with Crippen molar-refractivity contribution in [2.24, 2.45) is 7.05 Å². The number of likely N-dealkylation sites (tertiary alicyclic amines) is 1. The second-order valence-corrected chi connectivity index (χ2v) is 4.74. The fourth-order valence-electron chi connectivity index (χ4n) is 2.27. The van der Waals surface area contributed by atoms with Gasteiger partial charge in [-0.1, -0.05) is 0 Å². The van der Waals surface area contributed by atoms with Gasteiger partial charge in [-0.25, -0.2) is 0 Å². The first kappa shape index (κ1) is 11.6. The van der Waals surface area contributed by atoms with Crippen molar-refractivity contribution < 1.29 is 0 Å². The number of nitrogens with one attached hydrogen (secondary N) is 1. The van der Waals surface area contributed by atoms with Crippen molar-refractivity contribution in [3.05, 3.63) is 18.0 Å². The predicted octanol–water partition coefficient (Wildman–Crippen LogP) is 0.994. The Morgan fingerprint density at radius 3 is 2.81 bits per heavy atom. The molecule has 2 heterocycles. The first-order chi connectivity index (χ1) is 7.75. The summed E-state index contributed by atoms with van der Waals surface area (Å²) in [7, 11) is 1.99. The maximum atomic E-state index is 4.16. The molecule has 90 valence electrons. The summed E-state index contributed by atoms with van der Waals surface area (Å²) >= 11 is 0. The Hall–Kier alpha value is -0.870. The van der Waals surface area contributed by atoms with E-state index in [0.717, 1.165) is 13.1 Å². The van der Waals surface area contributed by atoms with Gasteiger partial charge in [-0.15, -0.1) is 0 Å². The van der Waals surface area contributed by atoms with Crippen molar-refractivity contribution >= 4 is 0 Å². The van der Waals surface area contributed by atoms with Gasteiger partial charge in [0.05, 0.1) is 5.69 Å². The molecule has 1 aliphatic heterocycles. The zero-order valence-corrected chi connectivity index (χ0v) is 10.3. The van der Waals surface area contributed by atoms with Crippen molar-refractivity contribution in [1.82, 2.24) is 20.0 Å². The summed E-state index contributed by atoms with van der Waals surface area (Å²) < 4.78 is 1.93. The molecule has 4 heteroatoms. The maximum Gasteiger partial charge on any atom is 0.0518 e. The Balaban J connectivity index is 1.71. The molecule has 4 nitrogen and oxygen atoms in total. The van der Waals surface area contributed by atoms with Crippen LogP contribution in [0, 0.1) is 0 Å². The second-order valence-electron chi connectivity index (χ2n) is 4.74. The van der Waals surface area contributed by atoms with E-state index in [-0.39, 0.29) is 0 Å². The summed E-state index contributed by atoms with van der Waals surface area (Å²) in [6.45, 7) is 6.88. The van der Waals surface area contributed by atoms with Crippen molar-refractivity contribution in [1.29, 1.82) is 0 Å². The molecule has 1 N–H and O–H groups in total. The Labute approximate surface area is 97.6 Å². The highest BCUT2D eigenvalue weighted by Gasteiger charge is 2.14. The van der Waals surface area contributed by atoms with Gasteiger partial charge >= 0.3 is 0 Å². The first-order valence-corrected chi connectivity index (χ1v) is 6.18. The molecule has 2 rings (SSSR count). The van der Waals surface area contributed by atoms with E-state index in [2.05, 4.69) is 28.3 Å². The Morgan fingerprint density at radius 2 is 2.19 bits per heavy atom. The van der Waals surface area contributed by atoms with Crippen molar-refractivity contribution in [2.75, 3.05) is 19.6 Å². The normalized spacial score (nSPS) is 19.1. The SMILES string of the molecule is CC(CN1CCCC1)NCc1ccnn1C. The molecule has 0 saturated carbocycles. The van der Waals surface area contributed by atoms with E-state index in [1.807, 2.05) is 17.9 Å². The number of aryl methyl sites for hydroxylation is 1. The summed E-state index contributed by atoms with van der Waals surface area (Å²) in [5.41, 5.74) is 1.24. The first-order valence-electron chi connectivity index (χ1n) is 6.18. The second kappa shape index (κ2) is 5.46. The summed E-state index contributed by atoms with van der Waals surface area (Å²) in [5, 5.41) is 7.71.